The Bertz CT molecular complexity index is 864. The number of benzene rings is 1. The fourth-order valence-corrected chi connectivity index (χ4v) is 2.37. The zero-order chi connectivity index (χ0) is 18.6. The molecule has 0 aliphatic rings. The van der Waals surface area contributed by atoms with Crippen molar-refractivity contribution in [3.05, 3.63) is 51.0 Å². The average molecular weight is 385 g/mol. The van der Waals surface area contributed by atoms with Gasteiger partial charge in [-0.2, -0.15) is 0 Å². The van der Waals surface area contributed by atoms with Gasteiger partial charge in [0.2, 0.25) is 5.91 Å². The van der Waals surface area contributed by atoms with Crippen molar-refractivity contribution in [2.75, 3.05) is 6.54 Å². The summed E-state index contributed by atoms with van der Waals surface area (Å²) in [4.78, 5) is 28.1. The van der Waals surface area contributed by atoms with E-state index >= 15 is 0 Å². The highest BCUT2D eigenvalue weighted by molar-refractivity contribution is 6.42. The third-order valence-corrected chi connectivity index (χ3v) is 4.27. The van der Waals surface area contributed by atoms with Crippen LogP contribution in [0.25, 0.3) is 10.9 Å². The highest BCUT2D eigenvalue weighted by Crippen LogP contribution is 2.24. The van der Waals surface area contributed by atoms with Gasteiger partial charge < -0.3 is 16.2 Å². The summed E-state index contributed by atoms with van der Waals surface area (Å²) in [5.74, 6) is -0.448. The largest absolute Gasteiger partial charge is 0.391 e. The van der Waals surface area contributed by atoms with Crippen molar-refractivity contribution in [1.29, 1.82) is 0 Å². The molecule has 0 unspecified atom stereocenters. The van der Waals surface area contributed by atoms with Crippen molar-refractivity contribution in [1.82, 2.24) is 14.9 Å². The van der Waals surface area contributed by atoms with E-state index < -0.39 is 18.1 Å². The topological polar surface area (TPSA) is 110 Å². The number of nitrogens with one attached hydrogen (secondary N) is 1. The summed E-state index contributed by atoms with van der Waals surface area (Å²) in [7, 11) is 0. The third-order valence-electron chi connectivity index (χ3n) is 3.55. The molecule has 25 heavy (non-hydrogen) atoms. The lowest BCUT2D eigenvalue weighted by molar-refractivity contribution is -0.124. The summed E-state index contributed by atoms with van der Waals surface area (Å²) in [5.41, 5.74) is 5.73. The summed E-state index contributed by atoms with van der Waals surface area (Å²) in [5, 5.41) is 12.8. The Hall–Kier alpha value is -1.93. The fourth-order valence-electron chi connectivity index (χ4n) is 2.05. The number of carbonyl (C=O) groups excluding carboxylic acids is 1. The molecule has 2 aromatic rings. The number of aromatic nitrogens is 2. The molecule has 0 saturated heterocycles. The maximum Gasteiger partial charge on any atom is 0.261 e. The van der Waals surface area contributed by atoms with Crippen LogP contribution in [0.4, 0.5) is 0 Å². The summed E-state index contributed by atoms with van der Waals surface area (Å²) >= 11 is 11.9. The number of fused-ring (bicyclic) bond motifs is 1. The van der Waals surface area contributed by atoms with Gasteiger partial charge in [-0.15, -0.1) is 0 Å². The highest BCUT2D eigenvalue weighted by Gasteiger charge is 2.17. The first-order valence-corrected chi connectivity index (χ1v) is 8.27. The van der Waals surface area contributed by atoms with Crippen LogP contribution in [0.1, 0.15) is 6.92 Å². The second-order valence-electron chi connectivity index (χ2n) is 5.47. The van der Waals surface area contributed by atoms with Crippen LogP contribution in [0.15, 0.2) is 35.4 Å². The Balaban J connectivity index is 2.02. The van der Waals surface area contributed by atoms with Gasteiger partial charge in [0.1, 0.15) is 6.04 Å². The molecule has 0 aliphatic carbocycles. The first-order chi connectivity index (χ1) is 11.8. The van der Waals surface area contributed by atoms with Crippen LogP contribution in [-0.2, 0) is 11.3 Å². The number of hydrogen-bond acceptors (Lipinski definition) is 5. The highest BCUT2D eigenvalue weighted by atomic mass is 35.5. The zero-order valence-electron chi connectivity index (χ0n) is 13.4. The van der Waals surface area contributed by atoms with Gasteiger partial charge in [-0.05, 0) is 19.1 Å². The number of aliphatic hydroxyl groups excluding tert-OH is 1. The van der Waals surface area contributed by atoms with Gasteiger partial charge in [0, 0.05) is 13.1 Å². The van der Waals surface area contributed by atoms with Crippen LogP contribution < -0.4 is 16.6 Å². The molecule has 7 nitrogen and oxygen atoms in total. The number of nitrogens with two attached hydrogens (primary N) is 1. The van der Waals surface area contributed by atoms with Crippen LogP contribution in [0.3, 0.4) is 0 Å². The Morgan fingerprint density at radius 3 is 2.76 bits per heavy atom. The van der Waals surface area contributed by atoms with Gasteiger partial charge in [-0.3, -0.25) is 14.2 Å². The minimum absolute atomic E-state index is 0.233. The first kappa shape index (κ1) is 19.4. The van der Waals surface area contributed by atoms with E-state index in [0.717, 1.165) is 0 Å². The van der Waals surface area contributed by atoms with Crippen molar-refractivity contribution in [3.63, 3.8) is 0 Å². The molecule has 0 spiro atoms. The maximum absolute atomic E-state index is 12.4. The van der Waals surface area contributed by atoms with Crippen LogP contribution in [-0.4, -0.2) is 39.3 Å². The molecule has 1 heterocycles. The number of carbonyl (C=O) groups is 1. The molecule has 0 fully saturated rings. The van der Waals surface area contributed by atoms with E-state index in [4.69, 9.17) is 28.9 Å². The number of halogens is 2. The quantitative estimate of drug-likeness (QED) is 0.645. The number of nitrogens with zero attached hydrogens (tertiary/aromatic N) is 2. The van der Waals surface area contributed by atoms with E-state index in [1.165, 1.54) is 23.9 Å². The maximum atomic E-state index is 12.4. The number of allylic oxidation sites excluding steroid dienone is 1. The van der Waals surface area contributed by atoms with E-state index in [0.29, 0.717) is 20.9 Å². The van der Waals surface area contributed by atoms with Crippen molar-refractivity contribution < 1.29 is 9.90 Å². The summed E-state index contributed by atoms with van der Waals surface area (Å²) in [6, 6.07) is 2.06. The van der Waals surface area contributed by atoms with E-state index in [1.54, 1.807) is 18.2 Å². The van der Waals surface area contributed by atoms with Crippen LogP contribution in [0.5, 0.6) is 0 Å². The molecule has 1 amide bonds. The standard InChI is InChI=1S/C16H18Cl2N4O3/c1-9(23)14(19)15(24)20-4-2-3-5-22-8-21-13-7-12(18)11(17)6-10(13)16(22)25/h2-3,6-9,14,23H,4-5,19H2,1H3,(H,20,24)/b3-2+/t9-,14+/m0/s1. The molecule has 0 aliphatic heterocycles. The lowest BCUT2D eigenvalue weighted by atomic mass is 10.2. The number of amides is 1. The lowest BCUT2D eigenvalue weighted by Crippen LogP contribution is -2.47. The number of hydrogen-bond donors (Lipinski definition) is 3. The van der Waals surface area contributed by atoms with E-state index in [1.807, 2.05) is 0 Å². The van der Waals surface area contributed by atoms with Crippen molar-refractivity contribution >= 4 is 40.0 Å². The number of aliphatic hydroxyl groups is 1. The Morgan fingerprint density at radius 2 is 2.08 bits per heavy atom. The molecule has 0 saturated carbocycles. The van der Waals surface area contributed by atoms with E-state index in [2.05, 4.69) is 10.3 Å². The number of rotatable bonds is 6. The Morgan fingerprint density at radius 1 is 1.40 bits per heavy atom. The third kappa shape index (κ3) is 4.79. The fraction of sp³-hybridized carbons (Fsp3) is 0.312. The van der Waals surface area contributed by atoms with Gasteiger partial charge in [0.05, 0.1) is 33.4 Å². The van der Waals surface area contributed by atoms with Crippen molar-refractivity contribution in [2.24, 2.45) is 5.73 Å². The molecule has 4 N–H and O–H groups in total. The molecular formula is C16H18Cl2N4O3. The Kier molecular flexibility index (Phi) is 6.55. The van der Waals surface area contributed by atoms with Crippen LogP contribution in [0.2, 0.25) is 10.0 Å². The molecular weight excluding hydrogens is 367 g/mol. The SMILES string of the molecule is C[C@H](O)[C@@H](N)C(=O)NC/C=C/Cn1cnc2cc(Cl)c(Cl)cc2c1=O. The Labute approximate surface area is 154 Å². The van der Waals surface area contributed by atoms with Crippen LogP contribution in [0, 0.1) is 0 Å². The minimum atomic E-state index is -0.975. The normalized spacial score (nSPS) is 14.0. The van der Waals surface area contributed by atoms with Crippen molar-refractivity contribution in [2.45, 2.75) is 25.6 Å². The summed E-state index contributed by atoms with van der Waals surface area (Å²) in [6.07, 6.45) is 3.88. The second kappa shape index (κ2) is 8.44. The van der Waals surface area contributed by atoms with Crippen molar-refractivity contribution in [3.8, 4) is 0 Å². The van der Waals surface area contributed by atoms with Gasteiger partial charge in [0.25, 0.3) is 5.56 Å². The van der Waals surface area contributed by atoms with Gasteiger partial charge >= 0.3 is 0 Å². The molecule has 0 radical (unpaired) electrons. The smallest absolute Gasteiger partial charge is 0.261 e. The average Bonchev–Trinajstić information content (AvgIpc) is 2.57. The molecule has 9 heteroatoms. The zero-order valence-corrected chi connectivity index (χ0v) is 15.0. The van der Waals surface area contributed by atoms with E-state index in [9.17, 15) is 14.7 Å². The molecule has 2 rings (SSSR count). The molecule has 2 atom stereocenters. The predicted octanol–water partition coefficient (Wildman–Crippen LogP) is 1.08. The lowest BCUT2D eigenvalue weighted by Gasteiger charge is -2.13. The van der Waals surface area contributed by atoms with E-state index in [-0.39, 0.29) is 18.6 Å². The summed E-state index contributed by atoms with van der Waals surface area (Å²) < 4.78 is 1.41. The van der Waals surface area contributed by atoms with Crippen LogP contribution >= 0.6 is 23.2 Å². The van der Waals surface area contributed by atoms with Gasteiger partial charge in [0.15, 0.2) is 0 Å². The molecule has 134 valence electrons. The predicted molar refractivity (Wildman–Crippen MR) is 97.8 cm³/mol. The molecule has 1 aromatic heterocycles. The summed E-state index contributed by atoms with van der Waals surface area (Å²) in [6.45, 7) is 1.95. The molecule has 0 bridgehead atoms. The monoisotopic (exact) mass is 384 g/mol. The van der Waals surface area contributed by atoms with Gasteiger partial charge in [-0.25, -0.2) is 4.98 Å². The van der Waals surface area contributed by atoms with Gasteiger partial charge in [-0.1, -0.05) is 35.4 Å². The minimum Gasteiger partial charge on any atom is -0.391 e. The first-order valence-electron chi connectivity index (χ1n) is 7.52. The molecule has 1 aromatic carbocycles. The second-order valence-corrected chi connectivity index (χ2v) is 6.28.